The molecule has 0 atom stereocenters. The smallest absolute Gasteiger partial charge is 0.0540 e. The highest BCUT2D eigenvalue weighted by Gasteiger charge is 2.22. The summed E-state index contributed by atoms with van der Waals surface area (Å²) in [5.74, 6) is 0. The number of fused-ring (bicyclic) bond motifs is 1. The topological polar surface area (TPSA) is 6.48 Å². The largest absolute Gasteiger partial charge is 0.310 e. The van der Waals surface area contributed by atoms with Gasteiger partial charge < -0.3 is 9.80 Å². The van der Waals surface area contributed by atoms with Gasteiger partial charge in [-0.25, -0.2) is 0 Å². The molecule has 0 radical (unpaired) electrons. The van der Waals surface area contributed by atoms with Crippen LogP contribution in [0.2, 0.25) is 0 Å². The summed E-state index contributed by atoms with van der Waals surface area (Å²) < 4.78 is 0. The molecule has 2 heteroatoms. The Balaban J connectivity index is 1.06. The fraction of sp³-hybridized carbons (Fsp3) is 0.0159. The molecule has 0 fully saturated rings. The third-order valence-corrected chi connectivity index (χ3v) is 12.2. The maximum Gasteiger partial charge on any atom is 0.0540 e. The predicted octanol–water partition coefficient (Wildman–Crippen LogP) is 17.8. The molecule has 0 aliphatic heterocycles. The second-order valence-electron chi connectivity index (χ2n) is 16.1. The van der Waals surface area contributed by atoms with Gasteiger partial charge in [0.1, 0.15) is 0 Å². The molecule has 2 nitrogen and oxygen atoms in total. The highest BCUT2D eigenvalue weighted by molar-refractivity contribution is 6.01. The fourth-order valence-electron chi connectivity index (χ4n) is 8.98. The summed E-state index contributed by atoms with van der Waals surface area (Å²) in [7, 11) is 0. The summed E-state index contributed by atoms with van der Waals surface area (Å²) in [4.78, 5) is 4.72. The van der Waals surface area contributed by atoms with E-state index in [4.69, 9.17) is 6.58 Å². The van der Waals surface area contributed by atoms with Crippen LogP contribution in [0.3, 0.4) is 0 Å². The predicted molar refractivity (Wildman–Crippen MR) is 279 cm³/mol. The lowest BCUT2D eigenvalue weighted by molar-refractivity contribution is 1.29. The number of benzene rings is 10. The molecule has 10 rings (SSSR count). The van der Waals surface area contributed by atoms with Crippen molar-refractivity contribution in [2.24, 2.45) is 0 Å². The number of hydrogen-bond acceptors (Lipinski definition) is 2. The SMILES string of the molecule is C=C(c1ccccc1/C=C\C)N(c1ccc(-c2ccccc2)cc1)c1ccccc1-c1ccc(-c2ccccc2N(c2ccc(-c3ccccc3)cc2)c2cccc3ccccc23)cc1. The van der Waals surface area contributed by atoms with Gasteiger partial charge in [-0.2, -0.15) is 0 Å². The van der Waals surface area contributed by atoms with Crippen molar-refractivity contribution in [3.63, 3.8) is 0 Å². The van der Waals surface area contributed by atoms with E-state index in [-0.39, 0.29) is 0 Å². The molecule has 310 valence electrons. The Kier molecular flexibility index (Phi) is 11.5. The maximum atomic E-state index is 4.79. The van der Waals surface area contributed by atoms with Crippen LogP contribution in [0.5, 0.6) is 0 Å². The van der Waals surface area contributed by atoms with Gasteiger partial charge in [-0.15, -0.1) is 0 Å². The van der Waals surface area contributed by atoms with Crippen molar-refractivity contribution in [3.05, 3.63) is 273 Å². The average molecular weight is 833 g/mol. The Morgan fingerprint density at radius 2 is 0.815 bits per heavy atom. The summed E-state index contributed by atoms with van der Waals surface area (Å²) in [5, 5.41) is 2.39. The van der Waals surface area contributed by atoms with Gasteiger partial charge in [-0.05, 0) is 93.7 Å². The lowest BCUT2D eigenvalue weighted by atomic mass is 9.96. The van der Waals surface area contributed by atoms with Crippen molar-refractivity contribution < 1.29 is 0 Å². The number of para-hydroxylation sites is 2. The molecule has 0 saturated heterocycles. The van der Waals surface area contributed by atoms with Crippen molar-refractivity contribution in [1.82, 2.24) is 0 Å². The van der Waals surface area contributed by atoms with E-state index in [1.165, 1.54) is 33.0 Å². The molecule has 10 aromatic carbocycles. The van der Waals surface area contributed by atoms with E-state index < -0.39 is 0 Å². The normalized spacial score (nSPS) is 11.2. The van der Waals surface area contributed by atoms with Crippen LogP contribution in [0.4, 0.5) is 28.4 Å². The van der Waals surface area contributed by atoms with Crippen LogP contribution in [0.1, 0.15) is 18.1 Å². The van der Waals surface area contributed by atoms with E-state index in [1.54, 1.807) is 0 Å². The van der Waals surface area contributed by atoms with E-state index in [0.717, 1.165) is 67.5 Å². The minimum atomic E-state index is 0.898. The Morgan fingerprint density at radius 1 is 0.369 bits per heavy atom. The van der Waals surface area contributed by atoms with Crippen molar-refractivity contribution in [2.45, 2.75) is 6.92 Å². The lowest BCUT2D eigenvalue weighted by Gasteiger charge is -2.30. The lowest BCUT2D eigenvalue weighted by Crippen LogP contribution is -2.16. The molecule has 0 spiro atoms. The van der Waals surface area contributed by atoms with Crippen LogP contribution in [-0.2, 0) is 0 Å². The molecule has 65 heavy (non-hydrogen) atoms. The van der Waals surface area contributed by atoms with Crippen LogP contribution in [0.15, 0.2) is 261 Å². The Morgan fingerprint density at radius 3 is 1.45 bits per heavy atom. The molecule has 0 aliphatic rings. The second kappa shape index (κ2) is 18.5. The van der Waals surface area contributed by atoms with Crippen molar-refractivity contribution >= 4 is 51.0 Å². The van der Waals surface area contributed by atoms with Crippen LogP contribution in [-0.4, -0.2) is 0 Å². The van der Waals surface area contributed by atoms with Gasteiger partial charge in [0.15, 0.2) is 0 Å². The molecule has 10 aromatic rings. The summed E-state index contributed by atoms with van der Waals surface area (Å²) in [6.07, 6.45) is 4.24. The summed E-state index contributed by atoms with van der Waals surface area (Å²) >= 11 is 0. The van der Waals surface area contributed by atoms with Gasteiger partial charge in [-0.1, -0.05) is 225 Å². The maximum absolute atomic E-state index is 4.79. The summed E-state index contributed by atoms with van der Waals surface area (Å²) in [6.45, 7) is 6.85. The zero-order valence-electron chi connectivity index (χ0n) is 36.4. The molecule has 0 heterocycles. The minimum absolute atomic E-state index is 0.898. The van der Waals surface area contributed by atoms with Crippen LogP contribution in [0, 0.1) is 0 Å². The van der Waals surface area contributed by atoms with Crippen molar-refractivity contribution in [2.75, 3.05) is 9.80 Å². The van der Waals surface area contributed by atoms with Gasteiger partial charge in [0.2, 0.25) is 0 Å². The molecule has 0 unspecified atom stereocenters. The van der Waals surface area contributed by atoms with Gasteiger partial charge >= 0.3 is 0 Å². The first-order valence-electron chi connectivity index (χ1n) is 22.2. The number of nitrogens with zero attached hydrogens (tertiary/aromatic N) is 2. The average Bonchev–Trinajstić information content (AvgIpc) is 3.38. The Bertz CT molecular complexity index is 3250. The molecule has 0 bridgehead atoms. The number of allylic oxidation sites excluding steroid dienone is 1. The number of rotatable bonds is 12. The zero-order chi connectivity index (χ0) is 44.0. The summed E-state index contributed by atoms with van der Waals surface area (Å²) in [5.41, 5.74) is 17.7. The third kappa shape index (κ3) is 8.29. The van der Waals surface area contributed by atoms with Crippen LogP contribution < -0.4 is 9.80 Å². The molecule has 0 aliphatic carbocycles. The molecule has 0 N–H and O–H groups in total. The summed E-state index contributed by atoms with van der Waals surface area (Å²) in [6, 6.07) is 89.1. The molecule has 0 amide bonds. The minimum Gasteiger partial charge on any atom is -0.310 e. The third-order valence-electron chi connectivity index (χ3n) is 12.2. The Hall–Kier alpha value is -8.46. The highest BCUT2D eigenvalue weighted by atomic mass is 15.2. The molecule has 0 aromatic heterocycles. The van der Waals surface area contributed by atoms with E-state index in [1.807, 2.05) is 0 Å². The standard InChI is InChI=1S/C63H48N2/c1-3-19-51-24-10-12-27-57(51)46(2)64(55-42-38-49(39-43-55)47-20-6-4-7-21-47)61-31-16-14-29-59(61)53-34-36-54(37-35-53)60-30-15-17-32-62(60)65(63-33-18-26-52-25-11-13-28-58(52)63)56-44-40-50(41-45-56)48-22-8-5-9-23-48/h3-45H,2H2,1H3/b19-3-. The van der Waals surface area contributed by atoms with Crippen LogP contribution in [0.25, 0.3) is 67.1 Å². The first kappa shape index (κ1) is 40.6. The van der Waals surface area contributed by atoms with Gasteiger partial charge in [0.25, 0.3) is 0 Å². The van der Waals surface area contributed by atoms with Gasteiger partial charge in [0.05, 0.1) is 17.1 Å². The molecular weight excluding hydrogens is 785 g/mol. The van der Waals surface area contributed by atoms with Crippen LogP contribution >= 0.6 is 0 Å². The van der Waals surface area contributed by atoms with E-state index in [9.17, 15) is 0 Å². The first-order valence-corrected chi connectivity index (χ1v) is 22.2. The van der Waals surface area contributed by atoms with Crippen molar-refractivity contribution in [1.29, 1.82) is 0 Å². The first-order chi connectivity index (χ1) is 32.1. The van der Waals surface area contributed by atoms with E-state index in [2.05, 4.69) is 278 Å². The highest BCUT2D eigenvalue weighted by Crippen LogP contribution is 2.45. The quantitative estimate of drug-likeness (QED) is 0.121. The number of hydrogen-bond donors (Lipinski definition) is 0. The fourth-order valence-corrected chi connectivity index (χ4v) is 8.98. The van der Waals surface area contributed by atoms with E-state index in [0.29, 0.717) is 0 Å². The molecule has 0 saturated carbocycles. The zero-order valence-corrected chi connectivity index (χ0v) is 36.4. The van der Waals surface area contributed by atoms with E-state index >= 15 is 0 Å². The van der Waals surface area contributed by atoms with Gasteiger partial charge in [-0.3, -0.25) is 0 Å². The van der Waals surface area contributed by atoms with Gasteiger partial charge in [0, 0.05) is 39.1 Å². The monoisotopic (exact) mass is 832 g/mol. The van der Waals surface area contributed by atoms with Crippen molar-refractivity contribution in [3.8, 4) is 44.5 Å². The Labute approximate surface area is 383 Å². The second-order valence-corrected chi connectivity index (χ2v) is 16.1. The molecular formula is C63H48N2. The number of anilines is 5.